The van der Waals surface area contributed by atoms with Crippen LogP contribution >= 0.6 is 0 Å². The molecule has 0 spiro atoms. The van der Waals surface area contributed by atoms with Gasteiger partial charge >= 0.3 is 0 Å². The van der Waals surface area contributed by atoms with Gasteiger partial charge in [0, 0.05) is 37.4 Å². The molecule has 0 atom stereocenters. The highest BCUT2D eigenvalue weighted by atomic mass is 32.2. The summed E-state index contributed by atoms with van der Waals surface area (Å²) in [6, 6.07) is 3.66. The molecule has 7 heteroatoms. The Morgan fingerprint density at radius 3 is 2.52 bits per heavy atom. The van der Waals surface area contributed by atoms with Crippen LogP contribution in [0.3, 0.4) is 0 Å². The van der Waals surface area contributed by atoms with E-state index in [2.05, 4.69) is 10.3 Å². The van der Waals surface area contributed by atoms with Crippen LogP contribution in [-0.4, -0.2) is 42.0 Å². The van der Waals surface area contributed by atoms with E-state index >= 15 is 0 Å². The van der Waals surface area contributed by atoms with Gasteiger partial charge in [-0.05, 0) is 32.4 Å². The van der Waals surface area contributed by atoms with Crippen LogP contribution in [0.5, 0.6) is 0 Å². The van der Waals surface area contributed by atoms with Crippen LogP contribution in [0.25, 0.3) is 0 Å². The van der Waals surface area contributed by atoms with Crippen LogP contribution in [0.4, 0.5) is 0 Å². The van der Waals surface area contributed by atoms with Gasteiger partial charge in [0.2, 0.25) is 15.9 Å². The zero-order valence-corrected chi connectivity index (χ0v) is 13.8. The summed E-state index contributed by atoms with van der Waals surface area (Å²) in [5, 5.41) is 2.76. The predicted molar refractivity (Wildman–Crippen MR) is 82.0 cm³/mol. The first-order chi connectivity index (χ1) is 9.60. The zero-order valence-electron chi connectivity index (χ0n) is 13.0. The minimum Gasteiger partial charge on any atom is -0.352 e. The lowest BCUT2D eigenvalue weighted by Crippen LogP contribution is -2.46. The van der Waals surface area contributed by atoms with Crippen LogP contribution in [0.15, 0.2) is 24.5 Å². The third-order valence-electron chi connectivity index (χ3n) is 2.90. The van der Waals surface area contributed by atoms with Crippen molar-refractivity contribution in [1.29, 1.82) is 0 Å². The molecular formula is C14H23N3O3S. The first-order valence-corrected chi connectivity index (χ1v) is 8.59. The Hall–Kier alpha value is -1.47. The molecule has 0 unspecified atom stereocenters. The summed E-state index contributed by atoms with van der Waals surface area (Å²) in [6.45, 7) is 5.98. The van der Waals surface area contributed by atoms with Gasteiger partial charge in [0.25, 0.3) is 0 Å². The second-order valence-electron chi connectivity index (χ2n) is 5.89. The molecule has 0 saturated carbocycles. The summed E-state index contributed by atoms with van der Waals surface area (Å²) >= 11 is 0. The van der Waals surface area contributed by atoms with Crippen LogP contribution in [-0.2, 0) is 21.4 Å². The van der Waals surface area contributed by atoms with Gasteiger partial charge in [-0.3, -0.25) is 9.78 Å². The molecule has 0 saturated heterocycles. The highest BCUT2D eigenvalue weighted by molar-refractivity contribution is 7.88. The molecule has 21 heavy (non-hydrogen) atoms. The van der Waals surface area contributed by atoms with E-state index in [1.165, 1.54) is 4.31 Å². The Kier molecular flexibility index (Phi) is 5.86. The Bertz CT molecular complexity index is 565. The summed E-state index contributed by atoms with van der Waals surface area (Å²) in [5.74, 6) is -0.184. The fraction of sp³-hybridized carbons (Fsp3) is 0.571. The highest BCUT2D eigenvalue weighted by Gasteiger charge is 2.29. The Labute approximate surface area is 126 Å². The number of carbonyl (C=O) groups excluding carboxylic acids is 1. The maximum Gasteiger partial charge on any atom is 0.221 e. The van der Waals surface area contributed by atoms with Crippen LogP contribution in [0.1, 0.15) is 32.8 Å². The molecule has 0 radical (unpaired) electrons. The molecule has 1 rings (SSSR count). The van der Waals surface area contributed by atoms with Crippen molar-refractivity contribution < 1.29 is 13.2 Å². The molecular weight excluding hydrogens is 290 g/mol. The minimum absolute atomic E-state index is 0.130. The molecule has 0 aromatic carbocycles. The molecule has 0 bridgehead atoms. The SMILES string of the molecule is CC(C)(C)N(CCC(=O)NCc1cccnc1)S(C)(=O)=O. The number of carbonyl (C=O) groups is 1. The first kappa shape index (κ1) is 17.6. The number of pyridine rings is 1. The van der Waals surface area contributed by atoms with E-state index in [1.807, 2.05) is 26.8 Å². The number of nitrogens with one attached hydrogen (secondary N) is 1. The normalized spacial score (nSPS) is 12.4. The van der Waals surface area contributed by atoms with E-state index in [4.69, 9.17) is 0 Å². The van der Waals surface area contributed by atoms with E-state index in [9.17, 15) is 13.2 Å². The monoisotopic (exact) mass is 313 g/mol. The molecule has 0 aliphatic rings. The second kappa shape index (κ2) is 7.00. The van der Waals surface area contributed by atoms with Crippen molar-refractivity contribution in [3.05, 3.63) is 30.1 Å². The summed E-state index contributed by atoms with van der Waals surface area (Å²) < 4.78 is 24.8. The Morgan fingerprint density at radius 2 is 2.05 bits per heavy atom. The number of amides is 1. The summed E-state index contributed by atoms with van der Waals surface area (Å²) in [5.41, 5.74) is 0.360. The third kappa shape index (κ3) is 6.22. The number of aromatic nitrogens is 1. The fourth-order valence-electron chi connectivity index (χ4n) is 1.99. The standard InChI is InChI=1S/C14H23N3O3S/c1-14(2,3)17(21(4,19)20)9-7-13(18)16-11-12-6-5-8-15-10-12/h5-6,8,10H,7,9,11H2,1-4H3,(H,16,18). The predicted octanol–water partition coefficient (Wildman–Crippen LogP) is 1.15. The van der Waals surface area contributed by atoms with Crippen molar-refractivity contribution in [3.63, 3.8) is 0 Å². The van der Waals surface area contributed by atoms with E-state index in [1.54, 1.807) is 18.5 Å². The minimum atomic E-state index is -3.34. The van der Waals surface area contributed by atoms with E-state index in [0.717, 1.165) is 11.8 Å². The van der Waals surface area contributed by atoms with Crippen LogP contribution < -0.4 is 5.32 Å². The molecule has 1 aromatic rings. The van der Waals surface area contributed by atoms with Crippen LogP contribution in [0.2, 0.25) is 0 Å². The Balaban J connectivity index is 2.51. The van der Waals surface area contributed by atoms with Gasteiger partial charge < -0.3 is 5.32 Å². The van der Waals surface area contributed by atoms with Crippen LogP contribution in [0, 0.1) is 0 Å². The number of nitrogens with zero attached hydrogens (tertiary/aromatic N) is 2. The van der Waals surface area contributed by atoms with Crippen molar-refractivity contribution in [2.24, 2.45) is 0 Å². The molecule has 0 aliphatic heterocycles. The van der Waals surface area contributed by atoms with Crippen molar-refractivity contribution in [1.82, 2.24) is 14.6 Å². The molecule has 1 amide bonds. The summed E-state index contributed by atoms with van der Waals surface area (Å²) in [4.78, 5) is 15.8. The van der Waals surface area contributed by atoms with Crippen molar-refractivity contribution in [3.8, 4) is 0 Å². The Morgan fingerprint density at radius 1 is 1.38 bits per heavy atom. The largest absolute Gasteiger partial charge is 0.352 e. The third-order valence-corrected chi connectivity index (χ3v) is 4.43. The van der Waals surface area contributed by atoms with Gasteiger partial charge in [-0.15, -0.1) is 0 Å². The smallest absolute Gasteiger partial charge is 0.221 e. The van der Waals surface area contributed by atoms with E-state index < -0.39 is 15.6 Å². The molecule has 0 fully saturated rings. The van der Waals surface area contributed by atoms with Crippen molar-refractivity contribution in [2.45, 2.75) is 39.3 Å². The van der Waals surface area contributed by atoms with Gasteiger partial charge in [0.05, 0.1) is 6.26 Å². The topological polar surface area (TPSA) is 79.4 Å². The number of hydrogen-bond donors (Lipinski definition) is 1. The molecule has 1 aromatic heterocycles. The van der Waals surface area contributed by atoms with Gasteiger partial charge in [0.1, 0.15) is 0 Å². The van der Waals surface area contributed by atoms with E-state index in [-0.39, 0.29) is 18.9 Å². The van der Waals surface area contributed by atoms with Gasteiger partial charge in [-0.1, -0.05) is 6.07 Å². The van der Waals surface area contributed by atoms with Gasteiger partial charge in [-0.25, -0.2) is 8.42 Å². The fourth-order valence-corrected chi connectivity index (χ4v) is 3.41. The average molecular weight is 313 g/mol. The zero-order chi connectivity index (χ0) is 16.1. The second-order valence-corrected chi connectivity index (χ2v) is 7.80. The summed E-state index contributed by atoms with van der Waals surface area (Å²) in [7, 11) is -3.34. The van der Waals surface area contributed by atoms with Gasteiger partial charge in [0.15, 0.2) is 0 Å². The lowest BCUT2D eigenvalue weighted by molar-refractivity contribution is -0.121. The van der Waals surface area contributed by atoms with Crippen molar-refractivity contribution in [2.75, 3.05) is 12.8 Å². The van der Waals surface area contributed by atoms with E-state index in [0.29, 0.717) is 6.54 Å². The van der Waals surface area contributed by atoms with Crippen molar-refractivity contribution >= 4 is 15.9 Å². The summed E-state index contributed by atoms with van der Waals surface area (Å²) in [6.07, 6.45) is 4.63. The number of sulfonamides is 1. The molecule has 118 valence electrons. The molecule has 6 nitrogen and oxygen atoms in total. The average Bonchev–Trinajstić information content (AvgIpc) is 2.34. The maximum atomic E-state index is 11.8. The molecule has 1 N–H and O–H groups in total. The molecule has 0 aliphatic carbocycles. The quantitative estimate of drug-likeness (QED) is 0.854. The van der Waals surface area contributed by atoms with Gasteiger partial charge in [-0.2, -0.15) is 4.31 Å². The maximum absolute atomic E-state index is 11.8. The number of rotatable bonds is 6. The lowest BCUT2D eigenvalue weighted by Gasteiger charge is -2.33. The first-order valence-electron chi connectivity index (χ1n) is 6.74. The molecule has 1 heterocycles. The highest BCUT2D eigenvalue weighted by Crippen LogP contribution is 2.17. The number of hydrogen-bond acceptors (Lipinski definition) is 4. The lowest BCUT2D eigenvalue weighted by atomic mass is 10.1.